The molecule has 18 heavy (non-hydrogen) atoms. The highest BCUT2D eigenvalue weighted by atomic mass is 32.2. The van der Waals surface area contributed by atoms with Gasteiger partial charge in [0.05, 0.1) is 13.2 Å². The quantitative estimate of drug-likeness (QED) is 0.796. The molecule has 100 valence electrons. The first-order valence-electron chi connectivity index (χ1n) is 5.75. The van der Waals surface area contributed by atoms with Crippen LogP contribution in [0.1, 0.15) is 25.0 Å². The minimum atomic E-state index is -0.833. The summed E-state index contributed by atoms with van der Waals surface area (Å²) in [5.74, 6) is 0.208. The van der Waals surface area contributed by atoms with Crippen molar-refractivity contribution in [1.82, 2.24) is 0 Å². The van der Waals surface area contributed by atoms with Gasteiger partial charge >= 0.3 is 5.97 Å². The third kappa shape index (κ3) is 4.23. The molecule has 4 nitrogen and oxygen atoms in total. The van der Waals surface area contributed by atoms with Gasteiger partial charge in [-0.2, -0.15) is 0 Å². The number of aliphatic hydroxyl groups excluding tert-OH is 1. The number of rotatable bonds is 7. The molecule has 0 amide bonds. The molecule has 5 heteroatoms. The number of methoxy groups -OCH3 is 1. The standard InChI is InChI=1S/C13H18O4S/c1-3-12(13(15)16)18-8-11(14)9-5-4-6-10(7-9)17-2/h4-7,11-12,14H,3,8H2,1-2H3,(H,15,16). The molecular formula is C13H18O4S. The lowest BCUT2D eigenvalue weighted by Gasteiger charge is -2.14. The van der Waals surface area contributed by atoms with Gasteiger partial charge in [0.2, 0.25) is 0 Å². The van der Waals surface area contributed by atoms with Crippen molar-refractivity contribution < 1.29 is 19.7 Å². The molecule has 0 bridgehead atoms. The van der Waals surface area contributed by atoms with Gasteiger partial charge < -0.3 is 14.9 Å². The summed E-state index contributed by atoms with van der Waals surface area (Å²) in [4.78, 5) is 10.9. The molecule has 0 saturated heterocycles. The Labute approximate surface area is 111 Å². The van der Waals surface area contributed by atoms with E-state index < -0.39 is 17.3 Å². The molecular weight excluding hydrogens is 252 g/mol. The van der Waals surface area contributed by atoms with E-state index in [1.54, 1.807) is 31.4 Å². The van der Waals surface area contributed by atoms with Crippen LogP contribution in [0, 0.1) is 0 Å². The molecule has 2 unspecified atom stereocenters. The Balaban J connectivity index is 2.59. The molecule has 0 fully saturated rings. The highest BCUT2D eigenvalue weighted by Gasteiger charge is 2.18. The van der Waals surface area contributed by atoms with Crippen molar-refractivity contribution in [3.8, 4) is 5.75 Å². The highest BCUT2D eigenvalue weighted by molar-refractivity contribution is 8.00. The maximum atomic E-state index is 10.9. The summed E-state index contributed by atoms with van der Waals surface area (Å²) in [6, 6.07) is 7.16. The third-order valence-corrected chi connectivity index (χ3v) is 4.03. The molecule has 0 spiro atoms. The van der Waals surface area contributed by atoms with Crippen LogP contribution in [0.25, 0.3) is 0 Å². The Morgan fingerprint density at radius 2 is 2.22 bits per heavy atom. The maximum absolute atomic E-state index is 10.9. The average Bonchev–Trinajstić information content (AvgIpc) is 2.38. The van der Waals surface area contributed by atoms with Gasteiger partial charge in [-0.3, -0.25) is 4.79 Å². The molecule has 2 N–H and O–H groups in total. The Kier molecular flexibility index (Phi) is 6.01. The molecule has 1 rings (SSSR count). The Hall–Kier alpha value is -1.20. The summed E-state index contributed by atoms with van der Waals surface area (Å²) in [6.45, 7) is 1.82. The summed E-state index contributed by atoms with van der Waals surface area (Å²) in [6.07, 6.45) is -0.135. The Morgan fingerprint density at radius 1 is 1.50 bits per heavy atom. The molecule has 1 aromatic carbocycles. The van der Waals surface area contributed by atoms with Gasteiger partial charge in [0.1, 0.15) is 11.0 Å². The van der Waals surface area contributed by atoms with Crippen molar-refractivity contribution in [3.63, 3.8) is 0 Å². The van der Waals surface area contributed by atoms with Gasteiger partial charge in [-0.15, -0.1) is 11.8 Å². The monoisotopic (exact) mass is 270 g/mol. The molecule has 1 aromatic rings. The summed E-state index contributed by atoms with van der Waals surface area (Å²) in [5.41, 5.74) is 0.738. The predicted octanol–water partition coefficient (Wildman–Crippen LogP) is 2.32. The third-order valence-electron chi connectivity index (χ3n) is 2.58. The number of thioether (sulfide) groups is 1. The molecule has 0 aliphatic heterocycles. The van der Waals surface area contributed by atoms with Gasteiger partial charge in [0, 0.05) is 5.75 Å². The zero-order chi connectivity index (χ0) is 13.5. The van der Waals surface area contributed by atoms with Crippen LogP contribution >= 0.6 is 11.8 Å². The normalized spacial score (nSPS) is 13.9. The minimum Gasteiger partial charge on any atom is -0.497 e. The highest BCUT2D eigenvalue weighted by Crippen LogP contribution is 2.25. The zero-order valence-electron chi connectivity index (χ0n) is 10.5. The topological polar surface area (TPSA) is 66.8 Å². The fourth-order valence-electron chi connectivity index (χ4n) is 1.52. The fraction of sp³-hybridized carbons (Fsp3) is 0.462. The zero-order valence-corrected chi connectivity index (χ0v) is 11.3. The summed E-state index contributed by atoms with van der Waals surface area (Å²) < 4.78 is 5.08. The molecule has 0 radical (unpaired) electrons. The van der Waals surface area contributed by atoms with Crippen LogP contribution in [0.15, 0.2) is 24.3 Å². The van der Waals surface area contributed by atoms with Gasteiger partial charge in [-0.25, -0.2) is 0 Å². The van der Waals surface area contributed by atoms with Crippen LogP contribution in [0.2, 0.25) is 0 Å². The maximum Gasteiger partial charge on any atom is 0.316 e. The largest absolute Gasteiger partial charge is 0.497 e. The lowest BCUT2D eigenvalue weighted by atomic mass is 10.1. The molecule has 0 aliphatic carbocycles. The van der Waals surface area contributed by atoms with Crippen molar-refractivity contribution in [2.45, 2.75) is 24.7 Å². The Bertz CT molecular complexity index is 394. The molecule has 0 aromatic heterocycles. The fourth-order valence-corrected chi connectivity index (χ4v) is 2.50. The van der Waals surface area contributed by atoms with Crippen molar-refractivity contribution in [3.05, 3.63) is 29.8 Å². The van der Waals surface area contributed by atoms with Crippen LogP contribution in [-0.2, 0) is 4.79 Å². The molecule has 2 atom stereocenters. The first-order valence-corrected chi connectivity index (χ1v) is 6.79. The van der Waals surface area contributed by atoms with Crippen molar-refractivity contribution >= 4 is 17.7 Å². The number of benzene rings is 1. The number of aliphatic carboxylic acids is 1. The Morgan fingerprint density at radius 3 is 2.78 bits per heavy atom. The summed E-state index contributed by atoms with van der Waals surface area (Å²) in [7, 11) is 1.57. The molecule has 0 saturated carbocycles. The van der Waals surface area contributed by atoms with E-state index in [0.717, 1.165) is 5.56 Å². The van der Waals surface area contributed by atoms with Crippen molar-refractivity contribution in [2.24, 2.45) is 0 Å². The SMILES string of the molecule is CCC(SCC(O)c1cccc(OC)c1)C(=O)O. The van der Waals surface area contributed by atoms with Crippen LogP contribution in [0.3, 0.4) is 0 Å². The van der Waals surface area contributed by atoms with Crippen LogP contribution in [0.4, 0.5) is 0 Å². The van der Waals surface area contributed by atoms with Crippen molar-refractivity contribution in [1.29, 1.82) is 0 Å². The van der Waals surface area contributed by atoms with E-state index in [9.17, 15) is 9.90 Å². The average molecular weight is 270 g/mol. The molecule has 0 aliphatic rings. The molecule has 0 heterocycles. The number of carboxylic acid groups (broad SMARTS) is 1. The first kappa shape index (κ1) is 14.9. The van der Waals surface area contributed by atoms with Gasteiger partial charge in [-0.1, -0.05) is 19.1 Å². The van der Waals surface area contributed by atoms with E-state index in [4.69, 9.17) is 9.84 Å². The lowest BCUT2D eigenvalue weighted by Crippen LogP contribution is -2.17. The number of hydrogen-bond acceptors (Lipinski definition) is 4. The van der Waals surface area contributed by atoms with E-state index in [0.29, 0.717) is 17.9 Å². The first-order chi connectivity index (χ1) is 8.58. The van der Waals surface area contributed by atoms with Crippen molar-refractivity contribution in [2.75, 3.05) is 12.9 Å². The van der Waals surface area contributed by atoms with Gasteiger partial charge in [-0.05, 0) is 24.1 Å². The van der Waals surface area contributed by atoms with Gasteiger partial charge in [0.15, 0.2) is 0 Å². The second-order valence-corrected chi connectivity index (χ2v) is 5.10. The van der Waals surface area contributed by atoms with E-state index in [-0.39, 0.29) is 0 Å². The number of aliphatic hydroxyl groups is 1. The van der Waals surface area contributed by atoms with E-state index in [1.807, 2.05) is 6.92 Å². The van der Waals surface area contributed by atoms with Crippen LogP contribution in [-0.4, -0.2) is 34.3 Å². The minimum absolute atomic E-state index is 0.359. The summed E-state index contributed by atoms with van der Waals surface area (Å²) in [5, 5.41) is 18.4. The van der Waals surface area contributed by atoms with Crippen LogP contribution < -0.4 is 4.74 Å². The summed E-state index contributed by atoms with van der Waals surface area (Å²) >= 11 is 1.26. The number of carbonyl (C=O) groups is 1. The predicted molar refractivity (Wildman–Crippen MR) is 72.1 cm³/mol. The van der Waals surface area contributed by atoms with E-state index >= 15 is 0 Å². The van der Waals surface area contributed by atoms with E-state index in [2.05, 4.69) is 0 Å². The van der Waals surface area contributed by atoms with E-state index in [1.165, 1.54) is 11.8 Å². The number of carboxylic acids is 1. The lowest BCUT2D eigenvalue weighted by molar-refractivity contribution is -0.136. The smallest absolute Gasteiger partial charge is 0.316 e. The second-order valence-electron chi connectivity index (χ2n) is 3.86. The number of ether oxygens (including phenoxy) is 1. The van der Waals surface area contributed by atoms with Gasteiger partial charge in [0.25, 0.3) is 0 Å². The second kappa shape index (κ2) is 7.28. The number of hydrogen-bond donors (Lipinski definition) is 2. The van der Waals surface area contributed by atoms with Crippen LogP contribution in [0.5, 0.6) is 5.75 Å².